The lowest BCUT2D eigenvalue weighted by Gasteiger charge is -2.06. The zero-order valence-electron chi connectivity index (χ0n) is 12.1. The summed E-state index contributed by atoms with van der Waals surface area (Å²) < 4.78 is 40.0. The first-order chi connectivity index (χ1) is 11.4. The molecular weight excluding hydrogens is 385 g/mol. The van der Waals surface area contributed by atoms with Gasteiger partial charge in [0, 0.05) is 5.56 Å². The molecule has 0 aliphatic carbocycles. The highest BCUT2D eigenvalue weighted by atomic mass is 79.9. The Morgan fingerprint density at radius 2 is 1.62 bits per heavy atom. The fourth-order valence-electron chi connectivity index (χ4n) is 2.28. The van der Waals surface area contributed by atoms with Crippen molar-refractivity contribution in [3.8, 4) is 16.9 Å². The van der Waals surface area contributed by atoms with Gasteiger partial charge in [-0.3, -0.25) is 4.79 Å². The van der Waals surface area contributed by atoms with Gasteiger partial charge in [0.05, 0.1) is 16.8 Å². The van der Waals surface area contributed by atoms with E-state index in [9.17, 15) is 18.0 Å². The summed E-state index contributed by atoms with van der Waals surface area (Å²) in [4.78, 5) is 11.4. The Labute approximate surface area is 143 Å². The Morgan fingerprint density at radius 1 is 1.00 bits per heavy atom. The van der Waals surface area contributed by atoms with Crippen LogP contribution in [0.4, 0.5) is 13.2 Å². The molecule has 0 aliphatic rings. The molecule has 0 N–H and O–H groups in total. The molecule has 2 aromatic carbocycles. The van der Waals surface area contributed by atoms with Crippen LogP contribution in [0.25, 0.3) is 16.9 Å². The minimum atomic E-state index is -4.41. The first kappa shape index (κ1) is 16.4. The van der Waals surface area contributed by atoms with Crippen LogP contribution in [0, 0.1) is 0 Å². The van der Waals surface area contributed by atoms with Crippen molar-refractivity contribution in [2.24, 2.45) is 0 Å². The molecule has 0 aliphatic heterocycles. The smallest absolute Gasteiger partial charge is 0.298 e. The molecule has 0 saturated heterocycles. The summed E-state index contributed by atoms with van der Waals surface area (Å²) in [5.74, 6) is 0. The largest absolute Gasteiger partial charge is 0.416 e. The number of halogens is 4. The Balaban J connectivity index is 2.10. The maximum Gasteiger partial charge on any atom is 0.416 e. The summed E-state index contributed by atoms with van der Waals surface area (Å²) in [6, 6.07) is 13.7. The first-order valence-electron chi connectivity index (χ1n) is 6.88. The molecule has 3 nitrogen and oxygen atoms in total. The van der Waals surface area contributed by atoms with Crippen molar-refractivity contribution in [2.45, 2.75) is 6.18 Å². The van der Waals surface area contributed by atoms with Gasteiger partial charge in [-0.25, -0.2) is 4.68 Å². The summed E-state index contributed by atoms with van der Waals surface area (Å²) in [5, 5.41) is 4.37. The molecule has 7 heteroatoms. The fourth-order valence-corrected chi connectivity index (χ4v) is 2.85. The molecular formula is C17H10BrF3N2O. The molecule has 1 heterocycles. The number of para-hydroxylation sites is 1. The van der Waals surface area contributed by atoms with Crippen LogP contribution in [0.2, 0.25) is 0 Å². The van der Waals surface area contributed by atoms with E-state index in [1.165, 1.54) is 16.8 Å². The number of benzene rings is 2. The lowest BCUT2D eigenvalue weighted by molar-refractivity contribution is -0.137. The van der Waals surface area contributed by atoms with Gasteiger partial charge in [0.25, 0.3) is 0 Å². The maximum absolute atomic E-state index is 12.7. The van der Waals surface area contributed by atoms with Crippen LogP contribution < -0.4 is 0 Å². The average Bonchev–Trinajstić information content (AvgIpc) is 2.91. The van der Waals surface area contributed by atoms with Crippen molar-refractivity contribution in [1.82, 2.24) is 9.78 Å². The number of rotatable bonds is 3. The lowest BCUT2D eigenvalue weighted by atomic mass is 10.1. The second-order valence-corrected chi connectivity index (χ2v) is 5.74. The van der Waals surface area contributed by atoms with Gasteiger partial charge >= 0.3 is 6.18 Å². The van der Waals surface area contributed by atoms with Crippen molar-refractivity contribution in [3.63, 3.8) is 0 Å². The molecule has 0 saturated carbocycles. The first-order valence-corrected chi connectivity index (χ1v) is 7.68. The van der Waals surface area contributed by atoms with Gasteiger partial charge in [0.2, 0.25) is 0 Å². The third kappa shape index (κ3) is 2.99. The van der Waals surface area contributed by atoms with Crippen LogP contribution in [0.15, 0.2) is 59.2 Å². The third-order valence-electron chi connectivity index (χ3n) is 3.47. The average molecular weight is 395 g/mol. The number of alkyl halides is 3. The molecule has 1 aromatic heterocycles. The molecule has 3 aromatic rings. The standard InChI is InChI=1S/C17H10BrF3N2O/c18-16-14(10-24)15(22-23(16)13-4-2-1-3-5-13)11-6-8-12(9-7-11)17(19,20)21/h1-10H. The minimum Gasteiger partial charge on any atom is -0.298 e. The van der Waals surface area contributed by atoms with Crippen LogP contribution >= 0.6 is 15.9 Å². The van der Waals surface area contributed by atoms with Gasteiger partial charge < -0.3 is 0 Å². The topological polar surface area (TPSA) is 34.9 Å². The van der Waals surface area contributed by atoms with Crippen molar-refractivity contribution < 1.29 is 18.0 Å². The summed E-state index contributed by atoms with van der Waals surface area (Å²) in [6.07, 6.45) is -3.78. The van der Waals surface area contributed by atoms with E-state index in [0.29, 0.717) is 22.1 Å². The Hall–Kier alpha value is -2.41. The summed E-state index contributed by atoms with van der Waals surface area (Å²) in [6.45, 7) is 0. The number of hydrogen-bond acceptors (Lipinski definition) is 2. The van der Waals surface area contributed by atoms with E-state index in [0.717, 1.165) is 17.8 Å². The third-order valence-corrected chi connectivity index (χ3v) is 4.23. The molecule has 0 amide bonds. The fraction of sp³-hybridized carbons (Fsp3) is 0.0588. The van der Waals surface area contributed by atoms with Crippen molar-refractivity contribution in [3.05, 3.63) is 70.3 Å². The van der Waals surface area contributed by atoms with E-state index < -0.39 is 11.7 Å². The van der Waals surface area contributed by atoms with Crippen LogP contribution in [-0.2, 0) is 6.18 Å². The van der Waals surface area contributed by atoms with E-state index in [4.69, 9.17) is 0 Å². The van der Waals surface area contributed by atoms with E-state index >= 15 is 0 Å². The Kier molecular flexibility index (Phi) is 4.28. The molecule has 3 rings (SSSR count). The summed E-state index contributed by atoms with van der Waals surface area (Å²) in [7, 11) is 0. The monoisotopic (exact) mass is 394 g/mol. The normalized spacial score (nSPS) is 11.5. The highest BCUT2D eigenvalue weighted by Crippen LogP contribution is 2.33. The van der Waals surface area contributed by atoms with Crippen molar-refractivity contribution in [1.29, 1.82) is 0 Å². The molecule has 24 heavy (non-hydrogen) atoms. The van der Waals surface area contributed by atoms with Crippen LogP contribution in [0.1, 0.15) is 15.9 Å². The lowest BCUT2D eigenvalue weighted by Crippen LogP contribution is -2.04. The van der Waals surface area contributed by atoms with Crippen LogP contribution in [-0.4, -0.2) is 16.1 Å². The van der Waals surface area contributed by atoms with Gasteiger partial charge in [0.1, 0.15) is 10.3 Å². The molecule has 0 fully saturated rings. The number of nitrogens with zero attached hydrogens (tertiary/aromatic N) is 2. The summed E-state index contributed by atoms with van der Waals surface area (Å²) >= 11 is 3.33. The van der Waals surface area contributed by atoms with Gasteiger partial charge in [-0.1, -0.05) is 30.3 Å². The van der Waals surface area contributed by atoms with Gasteiger partial charge in [-0.05, 0) is 40.2 Å². The maximum atomic E-state index is 12.7. The van der Waals surface area contributed by atoms with Gasteiger partial charge in [0.15, 0.2) is 6.29 Å². The number of carbonyl (C=O) groups excluding carboxylic acids is 1. The zero-order chi connectivity index (χ0) is 17.3. The second-order valence-electron chi connectivity index (χ2n) is 4.99. The molecule has 0 unspecified atom stereocenters. The minimum absolute atomic E-state index is 0.276. The Morgan fingerprint density at radius 3 is 2.17 bits per heavy atom. The summed E-state index contributed by atoms with van der Waals surface area (Å²) in [5.41, 5.74) is 1.000. The second kappa shape index (κ2) is 6.24. The van der Waals surface area contributed by atoms with E-state index in [-0.39, 0.29) is 5.56 Å². The quantitative estimate of drug-likeness (QED) is 0.577. The van der Waals surface area contributed by atoms with Crippen molar-refractivity contribution in [2.75, 3.05) is 0 Å². The predicted molar refractivity (Wildman–Crippen MR) is 87.1 cm³/mol. The number of carbonyl (C=O) groups is 1. The highest BCUT2D eigenvalue weighted by molar-refractivity contribution is 9.10. The predicted octanol–water partition coefficient (Wildman–Crippen LogP) is 5.13. The number of aldehydes is 1. The van der Waals surface area contributed by atoms with Crippen molar-refractivity contribution >= 4 is 22.2 Å². The van der Waals surface area contributed by atoms with Crippen LogP contribution in [0.3, 0.4) is 0 Å². The molecule has 122 valence electrons. The molecule has 0 spiro atoms. The zero-order valence-corrected chi connectivity index (χ0v) is 13.7. The molecule has 0 bridgehead atoms. The highest BCUT2D eigenvalue weighted by Gasteiger charge is 2.30. The van der Waals surface area contributed by atoms with Gasteiger partial charge in [-0.15, -0.1) is 0 Å². The van der Waals surface area contributed by atoms with E-state index in [1.54, 1.807) is 0 Å². The number of hydrogen-bond donors (Lipinski definition) is 0. The molecule has 0 radical (unpaired) electrons. The van der Waals surface area contributed by atoms with E-state index in [2.05, 4.69) is 21.0 Å². The molecule has 0 atom stereocenters. The van der Waals surface area contributed by atoms with Gasteiger partial charge in [-0.2, -0.15) is 18.3 Å². The van der Waals surface area contributed by atoms with Crippen LogP contribution in [0.5, 0.6) is 0 Å². The Bertz CT molecular complexity index is 871. The number of aromatic nitrogens is 2. The van der Waals surface area contributed by atoms with E-state index in [1.807, 2.05) is 30.3 Å². The SMILES string of the molecule is O=Cc1c(-c2ccc(C(F)(F)F)cc2)nn(-c2ccccc2)c1Br.